The Labute approximate surface area is 112 Å². The Hall–Kier alpha value is -1.81. The number of anilines is 3. The number of aryl methyl sites for hydroxylation is 1. The van der Waals surface area contributed by atoms with Crippen LogP contribution in [-0.2, 0) is 0 Å². The lowest BCUT2D eigenvalue weighted by Gasteiger charge is -2.13. The van der Waals surface area contributed by atoms with Gasteiger partial charge in [0.05, 0.1) is 0 Å². The zero-order valence-electron chi connectivity index (χ0n) is 10.6. The molecule has 0 saturated carbocycles. The second kappa shape index (κ2) is 5.23. The summed E-state index contributed by atoms with van der Waals surface area (Å²) < 4.78 is 0. The average molecular weight is 263 g/mol. The summed E-state index contributed by atoms with van der Waals surface area (Å²) in [4.78, 5) is 10.7. The third kappa shape index (κ3) is 3.11. The quantitative estimate of drug-likeness (QED) is 0.922. The summed E-state index contributed by atoms with van der Waals surface area (Å²) in [6.45, 7) is 1.94. The van der Waals surface area contributed by atoms with E-state index in [0.29, 0.717) is 11.0 Å². The zero-order valence-corrected chi connectivity index (χ0v) is 11.4. The largest absolute Gasteiger partial charge is 0.363 e. The van der Waals surface area contributed by atoms with Crippen molar-refractivity contribution in [2.24, 2.45) is 0 Å². The summed E-state index contributed by atoms with van der Waals surface area (Å²) in [5.74, 6) is 1.44. The third-order valence-electron chi connectivity index (χ3n) is 2.38. The van der Waals surface area contributed by atoms with Gasteiger partial charge in [-0.25, -0.2) is 4.98 Å². The van der Waals surface area contributed by atoms with Gasteiger partial charge in [-0.15, -0.1) is 0 Å². The van der Waals surface area contributed by atoms with Gasteiger partial charge in [-0.1, -0.05) is 17.7 Å². The highest BCUT2D eigenvalue weighted by Crippen LogP contribution is 2.19. The fourth-order valence-corrected chi connectivity index (χ4v) is 1.72. The third-order valence-corrected chi connectivity index (χ3v) is 2.61. The SMILES string of the molecule is Cc1cc(N(C)C)nc(Nc2cccc(Cl)c2)n1. The molecule has 1 heterocycles. The zero-order chi connectivity index (χ0) is 13.1. The highest BCUT2D eigenvalue weighted by molar-refractivity contribution is 6.30. The van der Waals surface area contributed by atoms with Crippen LogP contribution in [0.2, 0.25) is 5.02 Å². The van der Waals surface area contributed by atoms with Gasteiger partial charge < -0.3 is 10.2 Å². The molecule has 4 nitrogen and oxygen atoms in total. The lowest BCUT2D eigenvalue weighted by molar-refractivity contribution is 1.02. The monoisotopic (exact) mass is 262 g/mol. The van der Waals surface area contributed by atoms with Crippen molar-refractivity contribution in [2.75, 3.05) is 24.3 Å². The number of rotatable bonds is 3. The van der Waals surface area contributed by atoms with Crippen LogP contribution in [0.15, 0.2) is 30.3 Å². The van der Waals surface area contributed by atoms with E-state index in [1.165, 1.54) is 0 Å². The van der Waals surface area contributed by atoms with Gasteiger partial charge in [0.1, 0.15) is 5.82 Å². The molecule has 1 aromatic carbocycles. The fraction of sp³-hybridized carbons (Fsp3) is 0.231. The molecule has 5 heteroatoms. The standard InChI is InChI=1S/C13H15ClN4/c1-9-7-12(18(2)3)17-13(15-9)16-11-6-4-5-10(14)8-11/h4-8H,1-3H3,(H,15,16,17). The summed E-state index contributed by atoms with van der Waals surface area (Å²) in [5.41, 5.74) is 1.79. The average Bonchev–Trinajstić information content (AvgIpc) is 2.28. The van der Waals surface area contributed by atoms with E-state index in [9.17, 15) is 0 Å². The second-order valence-electron chi connectivity index (χ2n) is 4.22. The number of benzene rings is 1. The number of hydrogen-bond donors (Lipinski definition) is 1. The van der Waals surface area contributed by atoms with Gasteiger partial charge in [0.15, 0.2) is 0 Å². The molecular formula is C13H15ClN4. The minimum atomic E-state index is 0.570. The minimum absolute atomic E-state index is 0.570. The van der Waals surface area contributed by atoms with Crippen molar-refractivity contribution < 1.29 is 0 Å². The molecular weight excluding hydrogens is 248 g/mol. The lowest BCUT2D eigenvalue weighted by Crippen LogP contribution is -2.12. The molecule has 0 aliphatic carbocycles. The number of hydrogen-bond acceptors (Lipinski definition) is 4. The van der Waals surface area contributed by atoms with Gasteiger partial charge in [-0.05, 0) is 25.1 Å². The number of halogens is 1. The Morgan fingerprint density at radius 3 is 2.61 bits per heavy atom. The van der Waals surface area contributed by atoms with Crippen LogP contribution in [0, 0.1) is 6.92 Å². The first-order valence-electron chi connectivity index (χ1n) is 5.60. The fourth-order valence-electron chi connectivity index (χ4n) is 1.53. The van der Waals surface area contributed by atoms with Gasteiger partial charge in [-0.2, -0.15) is 4.98 Å². The second-order valence-corrected chi connectivity index (χ2v) is 4.66. The Balaban J connectivity index is 2.29. The number of nitrogens with zero attached hydrogens (tertiary/aromatic N) is 3. The first kappa shape index (κ1) is 12.6. The van der Waals surface area contributed by atoms with Crippen molar-refractivity contribution in [3.8, 4) is 0 Å². The Morgan fingerprint density at radius 2 is 1.94 bits per heavy atom. The summed E-state index contributed by atoms with van der Waals surface area (Å²) in [7, 11) is 3.90. The predicted octanol–water partition coefficient (Wildman–Crippen LogP) is 3.25. The van der Waals surface area contributed by atoms with Gasteiger partial charge in [0.2, 0.25) is 5.95 Å². The maximum Gasteiger partial charge on any atom is 0.229 e. The first-order valence-corrected chi connectivity index (χ1v) is 5.98. The van der Waals surface area contributed by atoms with E-state index in [1.807, 2.05) is 56.3 Å². The van der Waals surface area contributed by atoms with Crippen molar-refractivity contribution in [1.82, 2.24) is 9.97 Å². The van der Waals surface area contributed by atoms with Gasteiger partial charge in [-0.3, -0.25) is 0 Å². The van der Waals surface area contributed by atoms with E-state index in [0.717, 1.165) is 17.2 Å². The Bertz CT molecular complexity index is 554. The van der Waals surface area contributed by atoms with E-state index in [-0.39, 0.29) is 0 Å². The summed E-state index contributed by atoms with van der Waals surface area (Å²) in [5, 5.41) is 3.83. The molecule has 94 valence electrons. The molecule has 0 fully saturated rings. The smallest absolute Gasteiger partial charge is 0.229 e. The van der Waals surface area contributed by atoms with Crippen LogP contribution < -0.4 is 10.2 Å². The van der Waals surface area contributed by atoms with Crippen LogP contribution in [0.1, 0.15) is 5.69 Å². The van der Waals surface area contributed by atoms with E-state index in [2.05, 4.69) is 15.3 Å². The topological polar surface area (TPSA) is 41.1 Å². The van der Waals surface area contributed by atoms with Gasteiger partial charge in [0, 0.05) is 36.6 Å². The van der Waals surface area contributed by atoms with E-state index >= 15 is 0 Å². The van der Waals surface area contributed by atoms with Crippen LogP contribution in [0.3, 0.4) is 0 Å². The van der Waals surface area contributed by atoms with Crippen molar-refractivity contribution in [2.45, 2.75) is 6.92 Å². The van der Waals surface area contributed by atoms with Crippen LogP contribution >= 0.6 is 11.6 Å². The maximum absolute atomic E-state index is 5.94. The van der Waals surface area contributed by atoms with Crippen LogP contribution in [0.4, 0.5) is 17.5 Å². The summed E-state index contributed by atoms with van der Waals surface area (Å²) in [6.07, 6.45) is 0. The van der Waals surface area contributed by atoms with E-state index < -0.39 is 0 Å². The minimum Gasteiger partial charge on any atom is -0.363 e. The van der Waals surface area contributed by atoms with Crippen molar-refractivity contribution in [3.63, 3.8) is 0 Å². The Morgan fingerprint density at radius 1 is 1.17 bits per heavy atom. The molecule has 1 N–H and O–H groups in total. The highest BCUT2D eigenvalue weighted by Gasteiger charge is 2.04. The molecule has 0 radical (unpaired) electrons. The summed E-state index contributed by atoms with van der Waals surface area (Å²) in [6, 6.07) is 9.40. The van der Waals surface area contributed by atoms with Gasteiger partial charge >= 0.3 is 0 Å². The first-order chi connectivity index (χ1) is 8.54. The molecule has 2 rings (SSSR count). The maximum atomic E-state index is 5.94. The normalized spacial score (nSPS) is 10.2. The summed E-state index contributed by atoms with van der Waals surface area (Å²) >= 11 is 5.94. The van der Waals surface area contributed by atoms with Crippen molar-refractivity contribution in [3.05, 3.63) is 41.0 Å². The number of aromatic nitrogens is 2. The molecule has 0 atom stereocenters. The van der Waals surface area contributed by atoms with E-state index in [1.54, 1.807) is 0 Å². The van der Waals surface area contributed by atoms with Crippen molar-refractivity contribution in [1.29, 1.82) is 0 Å². The van der Waals surface area contributed by atoms with Crippen LogP contribution in [0.25, 0.3) is 0 Å². The predicted molar refractivity (Wildman–Crippen MR) is 75.8 cm³/mol. The van der Waals surface area contributed by atoms with E-state index in [4.69, 9.17) is 11.6 Å². The lowest BCUT2D eigenvalue weighted by atomic mass is 10.3. The number of nitrogens with one attached hydrogen (secondary N) is 1. The molecule has 0 bridgehead atoms. The van der Waals surface area contributed by atoms with Crippen molar-refractivity contribution >= 4 is 29.1 Å². The van der Waals surface area contributed by atoms with Crippen LogP contribution in [-0.4, -0.2) is 24.1 Å². The molecule has 1 aromatic heterocycles. The molecule has 0 unspecified atom stereocenters. The molecule has 0 amide bonds. The molecule has 18 heavy (non-hydrogen) atoms. The van der Waals surface area contributed by atoms with Gasteiger partial charge in [0.25, 0.3) is 0 Å². The van der Waals surface area contributed by atoms with Crippen LogP contribution in [0.5, 0.6) is 0 Å². The molecule has 2 aromatic rings. The molecule has 0 spiro atoms. The molecule has 0 aliphatic rings. The molecule has 0 aliphatic heterocycles. The highest BCUT2D eigenvalue weighted by atomic mass is 35.5. The molecule has 0 saturated heterocycles. The Kier molecular flexibility index (Phi) is 3.67.